The van der Waals surface area contributed by atoms with Crippen LogP contribution in [0.25, 0.3) is 0 Å². The minimum absolute atomic E-state index is 0.438. The Kier molecular flexibility index (Phi) is 5.11. The summed E-state index contributed by atoms with van der Waals surface area (Å²) in [6.07, 6.45) is 26.1. The van der Waals surface area contributed by atoms with Crippen LogP contribution in [0.4, 0.5) is 0 Å². The average molecular weight is 479 g/mol. The van der Waals surface area contributed by atoms with E-state index in [0.29, 0.717) is 36.5 Å². The van der Waals surface area contributed by atoms with Crippen LogP contribution in [0.2, 0.25) is 17.5 Å². The lowest BCUT2D eigenvalue weighted by atomic mass is 9.18. The van der Waals surface area contributed by atoms with Crippen LogP contribution in [0.1, 0.15) is 109 Å². The molecule has 0 aromatic heterocycles. The van der Waals surface area contributed by atoms with Gasteiger partial charge in [0.25, 0.3) is 0 Å². The fraction of sp³-hybridized carbons (Fsp3) is 1.00. The van der Waals surface area contributed by atoms with Crippen molar-refractivity contribution < 1.29 is 9.47 Å². The van der Waals surface area contributed by atoms with E-state index in [9.17, 15) is 0 Å². The van der Waals surface area contributed by atoms with Gasteiger partial charge in [-0.15, -0.1) is 0 Å². The van der Waals surface area contributed by atoms with E-state index in [2.05, 4.69) is 9.80 Å². The van der Waals surface area contributed by atoms with Crippen LogP contribution in [-0.2, 0) is 9.47 Å². The number of hydrogen-bond acceptors (Lipinski definition) is 4. The van der Waals surface area contributed by atoms with Crippen LogP contribution in [0.15, 0.2) is 0 Å². The fourth-order valence-electron chi connectivity index (χ4n) is 12.5. The van der Waals surface area contributed by atoms with Gasteiger partial charge < -0.3 is 9.47 Å². The van der Waals surface area contributed by atoms with Crippen LogP contribution < -0.4 is 0 Å². The van der Waals surface area contributed by atoms with Crippen molar-refractivity contribution in [2.24, 2.45) is 0 Å². The van der Waals surface area contributed by atoms with Gasteiger partial charge in [-0.25, -0.2) is 0 Å². The second-order valence-electron chi connectivity index (χ2n) is 14.4. The summed E-state index contributed by atoms with van der Waals surface area (Å²) in [5.74, 6) is 2.73. The topological polar surface area (TPSA) is 24.9 Å². The molecule has 0 radical (unpaired) electrons. The third kappa shape index (κ3) is 2.96. The van der Waals surface area contributed by atoms with Crippen LogP contribution in [-0.4, -0.2) is 77.2 Å². The Morgan fingerprint density at radius 3 is 1.40 bits per heavy atom. The van der Waals surface area contributed by atoms with Crippen molar-refractivity contribution in [1.29, 1.82) is 0 Å². The predicted octanol–water partition coefficient (Wildman–Crippen LogP) is 5.67. The van der Waals surface area contributed by atoms with Crippen molar-refractivity contribution in [1.82, 2.24) is 9.80 Å². The summed E-state index contributed by atoms with van der Waals surface area (Å²) in [5.41, 5.74) is 0. The van der Waals surface area contributed by atoms with E-state index in [-0.39, 0.29) is 0 Å². The molecule has 12 unspecified atom stereocenters. The van der Waals surface area contributed by atoms with Crippen molar-refractivity contribution in [3.63, 3.8) is 0 Å². The van der Waals surface area contributed by atoms with E-state index in [4.69, 9.17) is 9.47 Å². The largest absolute Gasteiger partial charge is 0.372 e. The molecule has 5 heteroatoms. The first-order valence-electron chi connectivity index (χ1n) is 16.2. The van der Waals surface area contributed by atoms with Gasteiger partial charge in [0.1, 0.15) is 0 Å². The third-order valence-electron chi connectivity index (χ3n) is 13.3. The van der Waals surface area contributed by atoms with Gasteiger partial charge in [-0.2, -0.15) is 0 Å². The molecule has 0 amide bonds. The Morgan fingerprint density at radius 1 is 0.457 bits per heavy atom. The van der Waals surface area contributed by atoms with Gasteiger partial charge in [-0.3, -0.25) is 9.80 Å². The molecule has 4 saturated heterocycles. The summed E-state index contributed by atoms with van der Waals surface area (Å²) in [6.45, 7) is 0.950. The standard InChI is InChI=1S/C30H47BN2O2/c1-3-11-20-18(9-1)31-19-10-2-4-12-21(19)33-23-14-6-8-16-25(23)35-27-17-26-29(28(31)30(27)33)32(20)22-13-5-7-15-24(22)34-26/h18-30H,1-17H2. The smallest absolute Gasteiger partial charge is 0.157 e. The summed E-state index contributed by atoms with van der Waals surface area (Å²) < 4.78 is 14.4. The zero-order chi connectivity index (χ0) is 22.7. The van der Waals surface area contributed by atoms with Crippen molar-refractivity contribution >= 4 is 6.71 Å². The van der Waals surface area contributed by atoms with Crippen LogP contribution >= 0.6 is 0 Å². The molecule has 0 aromatic carbocycles. The number of fused-ring (bicyclic) bond motifs is 10. The molecule has 4 heterocycles. The SMILES string of the molecule is C1CCC2C(C1)OC1CC3OC4CCCCC4N4C5CCCCC5B5C6CCCCC6N2C1C5C34. The van der Waals surface area contributed by atoms with Gasteiger partial charge >= 0.3 is 0 Å². The van der Waals surface area contributed by atoms with E-state index in [1.54, 1.807) is 0 Å². The van der Waals surface area contributed by atoms with Gasteiger partial charge in [-0.1, -0.05) is 64.2 Å². The number of nitrogens with zero attached hydrogens (tertiary/aromatic N) is 2. The van der Waals surface area contributed by atoms with Gasteiger partial charge in [0.05, 0.1) is 24.4 Å². The molecule has 4 aliphatic heterocycles. The Bertz CT molecular complexity index is 777. The number of morpholine rings is 2. The summed E-state index contributed by atoms with van der Waals surface area (Å²) in [5, 5.41) is 0. The molecule has 9 fully saturated rings. The summed E-state index contributed by atoms with van der Waals surface area (Å²) >= 11 is 0. The van der Waals surface area contributed by atoms with Gasteiger partial charge in [0.15, 0.2) is 6.71 Å². The highest BCUT2D eigenvalue weighted by molar-refractivity contribution is 6.65. The number of rotatable bonds is 0. The van der Waals surface area contributed by atoms with E-state index in [1.165, 1.54) is 109 Å². The maximum Gasteiger partial charge on any atom is 0.157 e. The molecule has 5 aliphatic carbocycles. The fourth-order valence-corrected chi connectivity index (χ4v) is 12.5. The molecule has 9 rings (SSSR count). The Morgan fingerprint density at radius 2 is 0.886 bits per heavy atom. The molecular weight excluding hydrogens is 431 g/mol. The monoisotopic (exact) mass is 478 g/mol. The lowest BCUT2D eigenvalue weighted by Gasteiger charge is -2.74. The second-order valence-corrected chi connectivity index (χ2v) is 14.4. The molecule has 0 N–H and O–H groups in total. The molecule has 4 nitrogen and oxygen atoms in total. The zero-order valence-electron chi connectivity index (χ0n) is 21.8. The van der Waals surface area contributed by atoms with E-state index in [1.807, 2.05) is 0 Å². The van der Waals surface area contributed by atoms with Crippen LogP contribution in [0, 0.1) is 0 Å². The van der Waals surface area contributed by atoms with Crippen LogP contribution in [0.3, 0.4) is 0 Å². The van der Waals surface area contributed by atoms with Crippen molar-refractivity contribution in [3.8, 4) is 0 Å². The second kappa shape index (κ2) is 8.20. The molecule has 9 aliphatic rings. The molecular formula is C30H47BN2O2. The summed E-state index contributed by atoms with van der Waals surface area (Å²) in [6, 6.07) is 4.55. The Hall–Kier alpha value is -0.0951. The lowest BCUT2D eigenvalue weighted by Crippen LogP contribution is -2.82. The minimum Gasteiger partial charge on any atom is -0.372 e. The Labute approximate surface area is 213 Å². The maximum atomic E-state index is 7.20. The first-order valence-corrected chi connectivity index (χ1v) is 16.2. The molecule has 12 atom stereocenters. The first kappa shape index (κ1) is 21.8. The third-order valence-corrected chi connectivity index (χ3v) is 13.3. The van der Waals surface area contributed by atoms with E-state index < -0.39 is 0 Å². The van der Waals surface area contributed by atoms with E-state index in [0.717, 1.165) is 48.3 Å². The van der Waals surface area contributed by atoms with Crippen molar-refractivity contribution in [3.05, 3.63) is 0 Å². The molecule has 0 aromatic rings. The van der Waals surface area contributed by atoms with Gasteiger partial charge in [0.2, 0.25) is 0 Å². The van der Waals surface area contributed by atoms with Gasteiger partial charge in [-0.05, 0) is 56.0 Å². The minimum atomic E-state index is 0.438. The number of hydrogen-bond donors (Lipinski definition) is 0. The summed E-state index contributed by atoms with van der Waals surface area (Å²) in [4.78, 5) is 6.46. The molecule has 192 valence electrons. The molecule has 0 bridgehead atoms. The highest BCUT2D eigenvalue weighted by Gasteiger charge is 2.70. The number of ether oxygens (including phenoxy) is 2. The normalized spacial score (nSPS) is 57.3. The summed E-state index contributed by atoms with van der Waals surface area (Å²) in [7, 11) is 0. The van der Waals surface area contributed by atoms with Crippen molar-refractivity contribution in [2.75, 3.05) is 0 Å². The maximum absolute atomic E-state index is 7.20. The quantitative estimate of drug-likeness (QED) is 0.419. The first-order chi connectivity index (χ1) is 17.4. The highest BCUT2D eigenvalue weighted by atomic mass is 16.5. The van der Waals surface area contributed by atoms with Crippen LogP contribution in [0.5, 0.6) is 0 Å². The highest BCUT2D eigenvalue weighted by Crippen LogP contribution is 2.64. The van der Waals surface area contributed by atoms with E-state index >= 15 is 0 Å². The molecule has 35 heavy (non-hydrogen) atoms. The average Bonchev–Trinajstić information content (AvgIpc) is 2.92. The zero-order valence-corrected chi connectivity index (χ0v) is 21.8. The predicted molar refractivity (Wildman–Crippen MR) is 139 cm³/mol. The Balaban J connectivity index is 1.20. The van der Waals surface area contributed by atoms with Gasteiger partial charge in [0, 0.05) is 42.7 Å². The lowest BCUT2D eigenvalue weighted by molar-refractivity contribution is -0.258. The molecule has 5 saturated carbocycles. The van der Waals surface area contributed by atoms with Crippen molar-refractivity contribution in [2.45, 2.75) is 187 Å². The molecule has 0 spiro atoms.